The fourth-order valence-electron chi connectivity index (χ4n) is 5.14. The average molecular weight is 507 g/mol. The number of allylic oxidation sites excluding steroid dienone is 1. The normalized spacial score (nSPS) is 14.5. The molecule has 7 rings (SSSR count). The number of hydrogen-bond acceptors (Lipinski definition) is 6. The summed E-state index contributed by atoms with van der Waals surface area (Å²) in [5.41, 5.74) is 7.60. The van der Waals surface area contributed by atoms with Crippen LogP contribution in [0.3, 0.4) is 0 Å². The van der Waals surface area contributed by atoms with Crippen molar-refractivity contribution in [3.05, 3.63) is 125 Å². The zero-order valence-electron chi connectivity index (χ0n) is 21.3. The topological polar surface area (TPSA) is 89.0 Å². The van der Waals surface area contributed by atoms with Crippen LogP contribution in [0.4, 0.5) is 0 Å². The van der Waals surface area contributed by atoms with Crippen LogP contribution in [0.25, 0.3) is 28.2 Å². The molecular formula is C32H22N6O. The van der Waals surface area contributed by atoms with Crippen LogP contribution in [0, 0.1) is 25.2 Å². The molecule has 3 aromatic carbocycles. The van der Waals surface area contributed by atoms with Crippen LogP contribution in [0.2, 0.25) is 0 Å². The largest absolute Gasteiger partial charge is 0.436 e. The van der Waals surface area contributed by atoms with Gasteiger partial charge in [-0.3, -0.25) is 0 Å². The lowest BCUT2D eigenvalue weighted by Gasteiger charge is -2.28. The van der Waals surface area contributed by atoms with Crippen LogP contribution in [0.5, 0.6) is 11.6 Å². The molecule has 0 aliphatic carbocycles. The molecule has 7 nitrogen and oxygen atoms in total. The molecule has 0 amide bonds. The molecule has 39 heavy (non-hydrogen) atoms. The Balaban J connectivity index is 1.45. The summed E-state index contributed by atoms with van der Waals surface area (Å²) in [6, 6.07) is 28.7. The molecule has 0 fully saturated rings. The minimum atomic E-state index is -0.212. The van der Waals surface area contributed by atoms with Crippen molar-refractivity contribution in [1.82, 2.24) is 24.6 Å². The maximum atomic E-state index is 9.99. The van der Waals surface area contributed by atoms with Gasteiger partial charge in [-0.15, -0.1) is 5.10 Å². The van der Waals surface area contributed by atoms with Crippen LogP contribution < -0.4 is 4.74 Å². The number of nitrogens with zero attached hydrogens (tertiary/aromatic N) is 6. The number of benzene rings is 3. The van der Waals surface area contributed by atoms with Crippen molar-refractivity contribution in [1.29, 1.82) is 5.26 Å². The van der Waals surface area contributed by atoms with Crippen molar-refractivity contribution in [2.75, 3.05) is 0 Å². The van der Waals surface area contributed by atoms with Crippen LogP contribution in [-0.4, -0.2) is 24.6 Å². The Morgan fingerprint density at radius 1 is 0.949 bits per heavy atom. The number of rotatable bonds is 3. The van der Waals surface area contributed by atoms with Crippen molar-refractivity contribution < 1.29 is 4.74 Å². The summed E-state index contributed by atoms with van der Waals surface area (Å²) in [4.78, 5) is 14.3. The second-order valence-electron chi connectivity index (χ2n) is 9.70. The molecule has 186 valence electrons. The van der Waals surface area contributed by atoms with Crippen LogP contribution in [-0.2, 0) is 0 Å². The molecule has 0 bridgehead atoms. The van der Waals surface area contributed by atoms with E-state index in [0.717, 1.165) is 44.4 Å². The minimum absolute atomic E-state index is 0.212. The average Bonchev–Trinajstić information content (AvgIpc) is 3.40. The predicted octanol–water partition coefficient (Wildman–Crippen LogP) is 6.64. The van der Waals surface area contributed by atoms with E-state index in [-0.39, 0.29) is 5.92 Å². The third-order valence-corrected chi connectivity index (χ3v) is 7.05. The first-order chi connectivity index (χ1) is 19.1. The quantitative estimate of drug-likeness (QED) is 0.250. The van der Waals surface area contributed by atoms with Crippen molar-refractivity contribution in [3.8, 4) is 17.7 Å². The van der Waals surface area contributed by atoms with Gasteiger partial charge in [0, 0.05) is 22.6 Å². The third kappa shape index (κ3) is 3.82. The number of nitriles is 1. The van der Waals surface area contributed by atoms with Gasteiger partial charge >= 0.3 is 0 Å². The monoisotopic (exact) mass is 506 g/mol. The Labute approximate surface area is 224 Å². The highest BCUT2D eigenvalue weighted by Crippen LogP contribution is 2.49. The Kier molecular flexibility index (Phi) is 5.20. The summed E-state index contributed by atoms with van der Waals surface area (Å²) in [5.74, 6) is 1.28. The fourth-order valence-corrected chi connectivity index (χ4v) is 5.14. The first-order valence-electron chi connectivity index (χ1n) is 12.7. The summed E-state index contributed by atoms with van der Waals surface area (Å²) < 4.78 is 8.10. The Morgan fingerprint density at radius 3 is 2.54 bits per heavy atom. The Bertz CT molecular complexity index is 1970. The zero-order valence-corrected chi connectivity index (χ0v) is 21.3. The summed E-state index contributed by atoms with van der Waals surface area (Å²) >= 11 is 0. The molecule has 1 atom stereocenters. The van der Waals surface area contributed by atoms with E-state index >= 15 is 0 Å². The molecule has 0 saturated heterocycles. The van der Waals surface area contributed by atoms with Gasteiger partial charge in [0.15, 0.2) is 17.2 Å². The smallest absolute Gasteiger partial charge is 0.228 e. The van der Waals surface area contributed by atoms with E-state index in [4.69, 9.17) is 14.7 Å². The number of hydrogen-bond donors (Lipinski definition) is 0. The molecule has 1 unspecified atom stereocenters. The molecule has 6 aromatic rings. The van der Waals surface area contributed by atoms with E-state index in [1.807, 2.05) is 62.4 Å². The van der Waals surface area contributed by atoms with Gasteiger partial charge < -0.3 is 4.74 Å². The van der Waals surface area contributed by atoms with E-state index in [1.165, 1.54) is 0 Å². The standard InChI is InChI=1S/C32H22N6O/c1-19-8-11-21(12-9-19)16-24(17-33)30-36-31-27-26(22-6-4-3-5-7-22)25-15-14-23-13-10-20(2)35-28(23)29(25)39-32(27)34-18-38(31)37-30/h3-16,18,26H,1-2H3/b24-16+. The number of fused-ring (bicyclic) bond motifs is 6. The molecule has 0 N–H and O–H groups in total. The van der Waals surface area contributed by atoms with Crippen LogP contribution in [0.15, 0.2) is 85.2 Å². The SMILES string of the molecule is Cc1ccc(/C=C(\C#N)c2nc3c4c(ncn3n2)Oc2c(ccc3ccc(C)nc23)C4c2ccccc2)cc1. The molecule has 1 aliphatic heterocycles. The van der Waals surface area contributed by atoms with Crippen LogP contribution in [0.1, 0.15) is 45.3 Å². The fraction of sp³-hybridized carbons (Fsp3) is 0.0938. The summed E-state index contributed by atoms with van der Waals surface area (Å²) in [6.07, 6.45) is 3.39. The lowest BCUT2D eigenvalue weighted by molar-refractivity contribution is 0.436. The van der Waals surface area contributed by atoms with E-state index in [1.54, 1.807) is 16.9 Å². The summed E-state index contributed by atoms with van der Waals surface area (Å²) in [6.45, 7) is 4.00. The minimum Gasteiger partial charge on any atom is -0.436 e. The van der Waals surface area contributed by atoms with Gasteiger partial charge in [-0.25, -0.2) is 19.5 Å². The van der Waals surface area contributed by atoms with E-state index in [9.17, 15) is 5.26 Å². The lowest BCUT2D eigenvalue weighted by Crippen LogP contribution is -2.15. The molecule has 0 spiro atoms. The van der Waals surface area contributed by atoms with Crippen molar-refractivity contribution >= 4 is 28.2 Å². The van der Waals surface area contributed by atoms with Gasteiger partial charge in [0.1, 0.15) is 17.9 Å². The first-order valence-corrected chi connectivity index (χ1v) is 12.7. The maximum Gasteiger partial charge on any atom is 0.228 e. The molecule has 1 aliphatic rings. The third-order valence-electron chi connectivity index (χ3n) is 7.05. The number of ether oxygens (including phenoxy) is 1. The zero-order chi connectivity index (χ0) is 26.5. The van der Waals surface area contributed by atoms with Crippen molar-refractivity contribution in [3.63, 3.8) is 0 Å². The van der Waals surface area contributed by atoms with E-state index in [2.05, 4.69) is 46.5 Å². The molecule has 0 saturated carbocycles. The molecular weight excluding hydrogens is 484 g/mol. The van der Waals surface area contributed by atoms with Crippen molar-refractivity contribution in [2.45, 2.75) is 19.8 Å². The van der Waals surface area contributed by atoms with Crippen molar-refractivity contribution in [2.24, 2.45) is 0 Å². The van der Waals surface area contributed by atoms with Gasteiger partial charge in [-0.2, -0.15) is 5.26 Å². The van der Waals surface area contributed by atoms with E-state index < -0.39 is 0 Å². The second-order valence-corrected chi connectivity index (χ2v) is 9.70. The van der Waals surface area contributed by atoms with Gasteiger partial charge in [-0.1, -0.05) is 78.4 Å². The number of aromatic nitrogens is 5. The highest BCUT2D eigenvalue weighted by atomic mass is 16.5. The molecule has 3 aromatic heterocycles. The Hall–Kier alpha value is -5.35. The summed E-state index contributed by atoms with van der Waals surface area (Å²) in [5, 5.41) is 15.6. The molecule has 0 radical (unpaired) electrons. The second kappa shape index (κ2) is 8.89. The van der Waals surface area contributed by atoms with Gasteiger partial charge in [-0.05, 0) is 37.1 Å². The summed E-state index contributed by atoms with van der Waals surface area (Å²) in [7, 11) is 0. The van der Waals surface area contributed by atoms with E-state index in [0.29, 0.717) is 28.7 Å². The lowest BCUT2D eigenvalue weighted by atomic mass is 9.83. The van der Waals surface area contributed by atoms with Gasteiger partial charge in [0.2, 0.25) is 5.88 Å². The predicted molar refractivity (Wildman–Crippen MR) is 149 cm³/mol. The Morgan fingerprint density at radius 2 is 1.74 bits per heavy atom. The van der Waals surface area contributed by atoms with Gasteiger partial charge in [0.05, 0.1) is 11.1 Å². The number of aryl methyl sites for hydroxylation is 2. The molecule has 4 heterocycles. The highest BCUT2D eigenvalue weighted by molar-refractivity contribution is 5.89. The highest BCUT2D eigenvalue weighted by Gasteiger charge is 2.34. The van der Waals surface area contributed by atoms with Crippen LogP contribution >= 0.6 is 0 Å². The first kappa shape index (κ1) is 22.8. The maximum absolute atomic E-state index is 9.99. The number of pyridine rings is 1. The molecule has 7 heteroatoms. The van der Waals surface area contributed by atoms with Gasteiger partial charge in [0.25, 0.3) is 0 Å².